The zero-order chi connectivity index (χ0) is 16.3. The van der Waals surface area contributed by atoms with E-state index in [9.17, 15) is 4.79 Å². The number of urea groups is 1. The lowest BCUT2D eigenvalue weighted by Gasteiger charge is -2.39. The summed E-state index contributed by atoms with van der Waals surface area (Å²) in [5.74, 6) is 0. The molecule has 2 amide bonds. The Balaban J connectivity index is 1.65. The second kappa shape index (κ2) is 7.14. The number of rotatable bonds is 3. The molecule has 2 fully saturated rings. The third-order valence-electron chi connectivity index (χ3n) is 5.45. The number of ether oxygens (including phenoxy) is 1. The summed E-state index contributed by atoms with van der Waals surface area (Å²) in [5, 5.41) is 6.28. The van der Waals surface area contributed by atoms with Crippen LogP contribution in [0.4, 0.5) is 10.5 Å². The molecule has 0 aromatic heterocycles. The largest absolute Gasteiger partial charge is 0.381 e. The van der Waals surface area contributed by atoms with Gasteiger partial charge in [-0.05, 0) is 62.0 Å². The van der Waals surface area contributed by atoms with Crippen LogP contribution in [-0.4, -0.2) is 31.5 Å². The maximum atomic E-state index is 12.5. The van der Waals surface area contributed by atoms with Crippen LogP contribution in [0.25, 0.3) is 0 Å². The van der Waals surface area contributed by atoms with Gasteiger partial charge in [0.05, 0.1) is 0 Å². The maximum Gasteiger partial charge on any atom is 0.319 e. The number of benzene rings is 1. The highest BCUT2D eigenvalue weighted by Gasteiger charge is 2.44. The quantitative estimate of drug-likeness (QED) is 0.815. The summed E-state index contributed by atoms with van der Waals surface area (Å²) < 4.78 is 5.52. The van der Waals surface area contributed by atoms with E-state index in [0.717, 1.165) is 43.7 Å². The molecule has 1 unspecified atom stereocenters. The lowest BCUT2D eigenvalue weighted by molar-refractivity contribution is 0.00652. The van der Waals surface area contributed by atoms with Crippen molar-refractivity contribution in [1.29, 1.82) is 0 Å². The highest BCUT2D eigenvalue weighted by Crippen LogP contribution is 2.46. The molecule has 1 spiro atoms. The number of hydrogen-bond acceptors (Lipinski definition) is 3. The molecule has 0 radical (unpaired) electrons. The molecule has 4 nitrogen and oxygen atoms in total. The first kappa shape index (κ1) is 16.7. The Labute approximate surface area is 142 Å². The van der Waals surface area contributed by atoms with E-state index in [2.05, 4.69) is 29.9 Å². The fraction of sp³-hybridized carbons (Fsp3) is 0.611. The minimum Gasteiger partial charge on any atom is -0.381 e. The number of hydrogen-bond donors (Lipinski definition) is 2. The number of carbonyl (C=O) groups is 1. The van der Waals surface area contributed by atoms with Crippen LogP contribution in [-0.2, 0) is 4.74 Å². The van der Waals surface area contributed by atoms with Gasteiger partial charge in [-0.15, -0.1) is 11.8 Å². The minimum absolute atomic E-state index is 0.0795. The average molecular weight is 334 g/mol. The molecule has 1 aromatic rings. The van der Waals surface area contributed by atoms with Gasteiger partial charge < -0.3 is 15.4 Å². The van der Waals surface area contributed by atoms with Gasteiger partial charge in [0.2, 0.25) is 0 Å². The van der Waals surface area contributed by atoms with Gasteiger partial charge in [0.25, 0.3) is 0 Å². The van der Waals surface area contributed by atoms with Gasteiger partial charge in [-0.1, -0.05) is 12.5 Å². The highest BCUT2D eigenvalue weighted by atomic mass is 32.2. The predicted octanol–water partition coefficient (Wildman–Crippen LogP) is 4.19. The number of anilines is 1. The molecule has 1 aliphatic carbocycles. The van der Waals surface area contributed by atoms with Gasteiger partial charge in [-0.2, -0.15) is 0 Å². The van der Waals surface area contributed by atoms with E-state index in [1.165, 1.54) is 17.7 Å². The Hall–Kier alpha value is -1.20. The topological polar surface area (TPSA) is 50.4 Å². The molecule has 1 saturated heterocycles. The van der Waals surface area contributed by atoms with Crippen molar-refractivity contribution in [2.24, 2.45) is 5.41 Å². The summed E-state index contributed by atoms with van der Waals surface area (Å²) in [7, 11) is 0. The number of thioether (sulfide) groups is 1. The van der Waals surface area contributed by atoms with Gasteiger partial charge in [-0.25, -0.2) is 4.79 Å². The first-order valence-electron chi connectivity index (χ1n) is 8.43. The van der Waals surface area contributed by atoms with E-state index in [1.807, 2.05) is 12.1 Å². The molecular weight excluding hydrogens is 308 g/mol. The third kappa shape index (κ3) is 3.50. The van der Waals surface area contributed by atoms with Crippen molar-refractivity contribution in [1.82, 2.24) is 5.32 Å². The smallest absolute Gasteiger partial charge is 0.319 e. The normalized spacial score (nSPS) is 23.0. The fourth-order valence-corrected chi connectivity index (χ4v) is 4.66. The second-order valence-electron chi connectivity index (χ2n) is 6.65. The maximum absolute atomic E-state index is 12.5. The van der Waals surface area contributed by atoms with Crippen molar-refractivity contribution < 1.29 is 9.53 Å². The van der Waals surface area contributed by atoms with Crippen molar-refractivity contribution in [3.63, 3.8) is 0 Å². The summed E-state index contributed by atoms with van der Waals surface area (Å²) in [6, 6.07) is 6.23. The van der Waals surface area contributed by atoms with Crippen LogP contribution in [0.15, 0.2) is 23.1 Å². The van der Waals surface area contributed by atoms with Crippen LogP contribution in [0.5, 0.6) is 0 Å². The van der Waals surface area contributed by atoms with Crippen LogP contribution in [0.2, 0.25) is 0 Å². The Morgan fingerprint density at radius 3 is 2.83 bits per heavy atom. The zero-order valence-corrected chi connectivity index (χ0v) is 14.8. The van der Waals surface area contributed by atoms with E-state index < -0.39 is 0 Å². The predicted molar refractivity (Wildman–Crippen MR) is 95.2 cm³/mol. The van der Waals surface area contributed by atoms with E-state index in [4.69, 9.17) is 4.74 Å². The standard InChI is InChI=1S/C18H26N2O2S/c1-13-14(5-3-6-15(13)23-2)19-17(21)20-16-7-4-8-18(16)9-11-22-12-10-18/h3,5-6,16H,4,7-12H2,1-2H3,(H2,19,20,21). The molecule has 1 atom stereocenters. The van der Waals surface area contributed by atoms with Crippen LogP contribution in [0.3, 0.4) is 0 Å². The molecule has 3 rings (SSSR count). The third-order valence-corrected chi connectivity index (χ3v) is 6.33. The van der Waals surface area contributed by atoms with Gasteiger partial charge in [0.1, 0.15) is 0 Å². The monoisotopic (exact) mass is 334 g/mol. The van der Waals surface area contributed by atoms with Crippen molar-refractivity contribution in [3.05, 3.63) is 23.8 Å². The molecule has 2 N–H and O–H groups in total. The molecule has 2 aliphatic rings. The first-order chi connectivity index (χ1) is 11.1. The average Bonchev–Trinajstić information content (AvgIpc) is 2.92. The molecule has 1 aromatic carbocycles. The summed E-state index contributed by atoms with van der Waals surface area (Å²) >= 11 is 1.70. The molecule has 23 heavy (non-hydrogen) atoms. The molecule has 1 saturated carbocycles. The Morgan fingerprint density at radius 1 is 1.30 bits per heavy atom. The van der Waals surface area contributed by atoms with E-state index in [-0.39, 0.29) is 17.5 Å². The highest BCUT2D eigenvalue weighted by molar-refractivity contribution is 7.98. The number of nitrogens with one attached hydrogen (secondary N) is 2. The Bertz CT molecular complexity index is 570. The second-order valence-corrected chi connectivity index (χ2v) is 7.50. The van der Waals surface area contributed by atoms with Gasteiger partial charge in [-0.3, -0.25) is 0 Å². The van der Waals surface area contributed by atoms with Crippen molar-refractivity contribution in [2.75, 3.05) is 24.8 Å². The number of amides is 2. The molecule has 1 aliphatic heterocycles. The lowest BCUT2D eigenvalue weighted by Crippen LogP contribution is -2.48. The lowest BCUT2D eigenvalue weighted by atomic mass is 9.75. The van der Waals surface area contributed by atoms with Crippen LogP contribution in [0.1, 0.15) is 37.7 Å². The molecule has 1 heterocycles. The summed E-state index contributed by atoms with van der Waals surface area (Å²) in [5.41, 5.74) is 2.28. The van der Waals surface area contributed by atoms with Crippen LogP contribution in [0, 0.1) is 12.3 Å². The molecule has 5 heteroatoms. The minimum atomic E-state index is -0.0795. The fourth-order valence-electron chi connectivity index (χ4n) is 4.03. The number of carbonyl (C=O) groups excluding carboxylic acids is 1. The van der Waals surface area contributed by atoms with Gasteiger partial charge in [0.15, 0.2) is 0 Å². The van der Waals surface area contributed by atoms with Crippen molar-refractivity contribution in [2.45, 2.75) is 50.0 Å². The van der Waals surface area contributed by atoms with E-state index in [0.29, 0.717) is 0 Å². The van der Waals surface area contributed by atoms with Crippen molar-refractivity contribution >= 4 is 23.5 Å². The van der Waals surface area contributed by atoms with E-state index in [1.54, 1.807) is 11.8 Å². The van der Waals surface area contributed by atoms with Gasteiger partial charge in [0, 0.05) is 29.8 Å². The summed E-state index contributed by atoms with van der Waals surface area (Å²) in [4.78, 5) is 13.7. The van der Waals surface area contributed by atoms with Crippen molar-refractivity contribution in [3.8, 4) is 0 Å². The molecule has 0 bridgehead atoms. The van der Waals surface area contributed by atoms with Crippen LogP contribution >= 0.6 is 11.8 Å². The molecule has 126 valence electrons. The van der Waals surface area contributed by atoms with E-state index >= 15 is 0 Å². The summed E-state index contributed by atoms with van der Waals surface area (Å²) in [6.45, 7) is 3.71. The first-order valence-corrected chi connectivity index (χ1v) is 9.66. The van der Waals surface area contributed by atoms with Gasteiger partial charge >= 0.3 is 6.03 Å². The Morgan fingerprint density at radius 2 is 2.09 bits per heavy atom. The zero-order valence-electron chi connectivity index (χ0n) is 14.0. The van der Waals surface area contributed by atoms with Crippen LogP contribution < -0.4 is 10.6 Å². The Kier molecular flexibility index (Phi) is 5.17. The SMILES string of the molecule is CSc1cccc(NC(=O)NC2CCCC23CCOCC3)c1C. The summed E-state index contributed by atoms with van der Waals surface area (Å²) in [6.07, 6.45) is 7.68. The molecular formula is C18H26N2O2S.